The molecule has 1 saturated heterocycles. The maximum atomic E-state index is 11.6. The molecule has 6 N–H and O–H groups in total. The van der Waals surface area contributed by atoms with E-state index in [0.717, 1.165) is 0 Å². The molecule has 0 spiro atoms. The number of carbonyl (C=O) groups is 1. The van der Waals surface area contributed by atoms with Gasteiger partial charge < -0.3 is 36.4 Å². The van der Waals surface area contributed by atoms with Crippen molar-refractivity contribution in [3.05, 3.63) is 6.33 Å². The van der Waals surface area contributed by atoms with Gasteiger partial charge in [-0.1, -0.05) is 6.92 Å². The third-order valence-electron chi connectivity index (χ3n) is 4.10. The van der Waals surface area contributed by atoms with E-state index in [1.807, 2.05) is 25.9 Å². The second-order valence-electron chi connectivity index (χ2n) is 6.00. The van der Waals surface area contributed by atoms with E-state index < -0.39 is 18.4 Å². The Morgan fingerprint density at radius 2 is 2.16 bits per heavy atom. The summed E-state index contributed by atoms with van der Waals surface area (Å²) in [6.07, 6.45) is 0.0884. The van der Waals surface area contributed by atoms with Gasteiger partial charge in [0.15, 0.2) is 17.9 Å². The Bertz CT molecular complexity index is 598. The number of carbonyl (C=O) groups excluding carboxylic acids is 1. The van der Waals surface area contributed by atoms with Gasteiger partial charge in [0.2, 0.25) is 5.91 Å². The summed E-state index contributed by atoms with van der Waals surface area (Å²) in [6.45, 7) is 1.79. The zero-order valence-electron chi connectivity index (χ0n) is 15.0. The first kappa shape index (κ1) is 19.2. The molecule has 10 heteroatoms. The van der Waals surface area contributed by atoms with Crippen molar-refractivity contribution in [3.8, 4) is 0 Å². The molecule has 1 aliphatic heterocycles. The minimum atomic E-state index is -0.942. The lowest BCUT2D eigenvalue weighted by Gasteiger charge is -2.23. The van der Waals surface area contributed by atoms with Crippen LogP contribution in [0.5, 0.6) is 0 Å². The van der Waals surface area contributed by atoms with Crippen molar-refractivity contribution in [2.24, 2.45) is 5.73 Å². The highest BCUT2D eigenvalue weighted by Gasteiger charge is 2.43. The highest BCUT2D eigenvalue weighted by atomic mass is 16.5. The molecule has 0 radical (unpaired) electrons. The van der Waals surface area contributed by atoms with Crippen LogP contribution in [0.4, 0.5) is 17.3 Å². The molecule has 140 valence electrons. The molecular weight excluding hydrogens is 326 g/mol. The molecule has 1 aromatic rings. The molecule has 0 saturated carbocycles. The topological polar surface area (TPSA) is 138 Å². The first-order valence-corrected chi connectivity index (χ1v) is 8.22. The third kappa shape index (κ3) is 4.09. The van der Waals surface area contributed by atoms with Crippen molar-refractivity contribution in [1.82, 2.24) is 15.3 Å². The van der Waals surface area contributed by atoms with Gasteiger partial charge in [-0.25, -0.2) is 9.97 Å². The second-order valence-corrected chi connectivity index (χ2v) is 6.00. The van der Waals surface area contributed by atoms with E-state index >= 15 is 0 Å². The van der Waals surface area contributed by atoms with Gasteiger partial charge >= 0.3 is 0 Å². The highest BCUT2D eigenvalue weighted by Crippen LogP contribution is 2.31. The van der Waals surface area contributed by atoms with Gasteiger partial charge in [0.1, 0.15) is 18.1 Å². The van der Waals surface area contributed by atoms with Crippen LogP contribution in [0.1, 0.15) is 13.3 Å². The number of aliphatic hydroxyl groups is 1. The quantitative estimate of drug-likeness (QED) is 0.415. The van der Waals surface area contributed by atoms with Gasteiger partial charge in [-0.2, -0.15) is 0 Å². The van der Waals surface area contributed by atoms with Crippen LogP contribution in [0.25, 0.3) is 0 Å². The Hall–Kier alpha value is -2.17. The van der Waals surface area contributed by atoms with Crippen molar-refractivity contribution in [2.75, 3.05) is 43.2 Å². The molecule has 0 bridgehead atoms. The van der Waals surface area contributed by atoms with Crippen LogP contribution < -0.4 is 26.6 Å². The molecule has 1 aromatic heterocycles. The van der Waals surface area contributed by atoms with Gasteiger partial charge in [0.05, 0.1) is 18.7 Å². The predicted octanol–water partition coefficient (Wildman–Crippen LogP) is -1.06. The van der Waals surface area contributed by atoms with E-state index in [0.29, 0.717) is 23.7 Å². The average Bonchev–Trinajstić information content (AvgIpc) is 2.90. The fourth-order valence-corrected chi connectivity index (χ4v) is 2.84. The number of aliphatic hydroxyl groups excluding tert-OH is 1. The van der Waals surface area contributed by atoms with Gasteiger partial charge in [0, 0.05) is 21.1 Å². The van der Waals surface area contributed by atoms with Crippen molar-refractivity contribution < 1.29 is 14.6 Å². The van der Waals surface area contributed by atoms with Gasteiger partial charge in [0.25, 0.3) is 0 Å². The number of ether oxygens (including phenoxy) is 1. The number of nitrogens with one attached hydrogen (secondary N) is 3. The minimum absolute atomic E-state index is 0.139. The summed E-state index contributed by atoms with van der Waals surface area (Å²) in [5.41, 5.74) is 6.03. The molecule has 2 rings (SSSR count). The largest absolute Gasteiger partial charge is 0.386 e. The number of nitrogens with two attached hydrogens (primary N) is 1. The molecule has 1 fully saturated rings. The number of anilines is 3. The lowest BCUT2D eigenvalue weighted by Crippen LogP contribution is -2.50. The minimum Gasteiger partial charge on any atom is -0.386 e. The molecule has 1 aliphatic rings. The van der Waals surface area contributed by atoms with Crippen molar-refractivity contribution >= 4 is 23.2 Å². The van der Waals surface area contributed by atoms with Crippen LogP contribution in [0.3, 0.4) is 0 Å². The standard InChI is InChI=1S/C15H27N7O3/c1-5-8-10(20-9(23)6-16)12(24)15(25-8)21-13-11(17-2)14(22(3)4)19-7-18-13/h7-8,10,12,15,17,24H,5-6,16H2,1-4H3,(H,20,23)(H,18,19,21). The van der Waals surface area contributed by atoms with E-state index in [9.17, 15) is 9.90 Å². The molecule has 0 aliphatic carbocycles. The Kier molecular flexibility index (Phi) is 6.34. The summed E-state index contributed by atoms with van der Waals surface area (Å²) in [6, 6.07) is -0.535. The number of amides is 1. The summed E-state index contributed by atoms with van der Waals surface area (Å²) in [4.78, 5) is 21.9. The van der Waals surface area contributed by atoms with Gasteiger partial charge in [-0.3, -0.25) is 4.79 Å². The number of rotatable bonds is 7. The van der Waals surface area contributed by atoms with Gasteiger partial charge in [-0.15, -0.1) is 0 Å². The van der Waals surface area contributed by atoms with Crippen LogP contribution >= 0.6 is 0 Å². The molecular formula is C15H27N7O3. The SMILES string of the molecule is CCC1OC(Nc2ncnc(N(C)C)c2NC)C(O)C1NC(=O)CN. The van der Waals surface area contributed by atoms with Crippen LogP contribution in [0, 0.1) is 0 Å². The van der Waals surface area contributed by atoms with E-state index in [1.54, 1.807) is 7.05 Å². The maximum absolute atomic E-state index is 11.6. The number of hydrogen-bond acceptors (Lipinski definition) is 9. The van der Waals surface area contributed by atoms with Crippen molar-refractivity contribution in [2.45, 2.75) is 37.8 Å². The number of nitrogens with zero attached hydrogens (tertiary/aromatic N) is 3. The summed E-state index contributed by atoms with van der Waals surface area (Å²) in [5.74, 6) is 0.873. The number of aromatic nitrogens is 2. The second kappa shape index (κ2) is 8.28. The molecule has 0 aromatic carbocycles. The average molecular weight is 353 g/mol. The summed E-state index contributed by atoms with van der Waals surface area (Å²) in [7, 11) is 5.51. The summed E-state index contributed by atoms with van der Waals surface area (Å²) < 4.78 is 5.87. The lowest BCUT2D eigenvalue weighted by atomic mass is 10.1. The normalized spacial score (nSPS) is 25.5. The molecule has 1 amide bonds. The summed E-state index contributed by atoms with van der Waals surface area (Å²) >= 11 is 0. The molecule has 4 atom stereocenters. The van der Waals surface area contributed by atoms with Crippen molar-refractivity contribution in [1.29, 1.82) is 0 Å². The Morgan fingerprint density at radius 3 is 2.72 bits per heavy atom. The Morgan fingerprint density at radius 1 is 1.44 bits per heavy atom. The monoisotopic (exact) mass is 353 g/mol. The van der Waals surface area contributed by atoms with E-state index in [2.05, 4.69) is 25.9 Å². The lowest BCUT2D eigenvalue weighted by molar-refractivity contribution is -0.121. The van der Waals surface area contributed by atoms with E-state index in [4.69, 9.17) is 10.5 Å². The Balaban J connectivity index is 2.20. The van der Waals surface area contributed by atoms with Crippen molar-refractivity contribution in [3.63, 3.8) is 0 Å². The first-order valence-electron chi connectivity index (χ1n) is 8.22. The van der Waals surface area contributed by atoms with Crippen LogP contribution in [-0.2, 0) is 9.53 Å². The zero-order chi connectivity index (χ0) is 18.6. The highest BCUT2D eigenvalue weighted by molar-refractivity contribution is 5.78. The third-order valence-corrected chi connectivity index (χ3v) is 4.10. The van der Waals surface area contributed by atoms with Crippen LogP contribution in [0.2, 0.25) is 0 Å². The fourth-order valence-electron chi connectivity index (χ4n) is 2.84. The molecule has 25 heavy (non-hydrogen) atoms. The van der Waals surface area contributed by atoms with Crippen LogP contribution in [-0.4, -0.2) is 73.1 Å². The summed E-state index contributed by atoms with van der Waals surface area (Å²) in [5, 5.41) is 19.5. The van der Waals surface area contributed by atoms with Crippen LogP contribution in [0.15, 0.2) is 6.33 Å². The smallest absolute Gasteiger partial charge is 0.234 e. The fraction of sp³-hybridized carbons (Fsp3) is 0.667. The zero-order valence-corrected chi connectivity index (χ0v) is 15.0. The Labute approximate surface area is 147 Å². The molecule has 2 heterocycles. The van der Waals surface area contributed by atoms with Gasteiger partial charge in [-0.05, 0) is 6.42 Å². The molecule has 10 nitrogen and oxygen atoms in total. The first-order chi connectivity index (χ1) is 11.9. The maximum Gasteiger partial charge on any atom is 0.234 e. The van der Waals surface area contributed by atoms with E-state index in [1.165, 1.54) is 6.33 Å². The molecule has 4 unspecified atom stereocenters. The van der Waals surface area contributed by atoms with E-state index in [-0.39, 0.29) is 18.6 Å². The number of hydrogen-bond donors (Lipinski definition) is 5. The predicted molar refractivity (Wildman–Crippen MR) is 95.5 cm³/mol.